The molecule has 2 rings (SSSR count). The van der Waals surface area contributed by atoms with Crippen LogP contribution in [0.15, 0.2) is 36.4 Å². The number of morpholine rings is 1. The van der Waals surface area contributed by atoms with Gasteiger partial charge in [-0.15, -0.1) is 0 Å². The molecule has 3 heteroatoms. The van der Waals surface area contributed by atoms with Gasteiger partial charge >= 0.3 is 0 Å². The average molecular weight is 246 g/mol. The molecule has 1 heterocycles. The second-order valence-corrected chi connectivity index (χ2v) is 4.73. The van der Waals surface area contributed by atoms with Crippen LogP contribution >= 0.6 is 0 Å². The topological polar surface area (TPSA) is 24.5 Å². The minimum atomic E-state index is 0.328. The van der Waals surface area contributed by atoms with Gasteiger partial charge in [0.25, 0.3) is 0 Å². The van der Waals surface area contributed by atoms with Crippen molar-refractivity contribution in [3.8, 4) is 0 Å². The maximum atomic E-state index is 5.68. The number of rotatable bonds is 5. The van der Waals surface area contributed by atoms with Gasteiger partial charge < -0.3 is 15.0 Å². The number of hydrogen-bond acceptors (Lipinski definition) is 3. The van der Waals surface area contributed by atoms with E-state index >= 15 is 0 Å². The number of ether oxygens (including phenoxy) is 1. The zero-order valence-electron chi connectivity index (χ0n) is 11.0. The highest BCUT2D eigenvalue weighted by Gasteiger charge is 2.16. The van der Waals surface area contributed by atoms with Crippen LogP contribution in [0.4, 0.5) is 0 Å². The highest BCUT2D eigenvalue weighted by Crippen LogP contribution is 2.02. The molecule has 1 saturated heterocycles. The third kappa shape index (κ3) is 4.61. The number of benzene rings is 1. The maximum absolute atomic E-state index is 5.68. The monoisotopic (exact) mass is 246 g/mol. The molecule has 1 aromatic rings. The SMILES string of the molecule is CN1CCOC(CNC/C=C/c2ccccc2)C1. The summed E-state index contributed by atoms with van der Waals surface area (Å²) in [5.74, 6) is 0. The summed E-state index contributed by atoms with van der Waals surface area (Å²) in [4.78, 5) is 2.32. The summed E-state index contributed by atoms with van der Waals surface area (Å²) in [7, 11) is 2.14. The fourth-order valence-electron chi connectivity index (χ4n) is 2.08. The fourth-order valence-corrected chi connectivity index (χ4v) is 2.08. The molecular formula is C15H22N2O. The maximum Gasteiger partial charge on any atom is 0.0826 e. The molecule has 98 valence electrons. The van der Waals surface area contributed by atoms with E-state index < -0.39 is 0 Å². The molecule has 18 heavy (non-hydrogen) atoms. The minimum absolute atomic E-state index is 0.328. The van der Waals surface area contributed by atoms with E-state index in [1.54, 1.807) is 0 Å². The lowest BCUT2D eigenvalue weighted by molar-refractivity contribution is -0.0176. The van der Waals surface area contributed by atoms with Gasteiger partial charge in [-0.1, -0.05) is 42.5 Å². The van der Waals surface area contributed by atoms with E-state index in [9.17, 15) is 0 Å². The van der Waals surface area contributed by atoms with E-state index in [1.165, 1.54) is 5.56 Å². The molecule has 0 aliphatic carbocycles. The second-order valence-electron chi connectivity index (χ2n) is 4.73. The van der Waals surface area contributed by atoms with E-state index in [-0.39, 0.29) is 0 Å². The van der Waals surface area contributed by atoms with Crippen molar-refractivity contribution in [2.75, 3.05) is 39.8 Å². The van der Waals surface area contributed by atoms with Crippen LogP contribution in [-0.4, -0.2) is 50.8 Å². The molecule has 0 saturated carbocycles. The standard InChI is InChI=1S/C15H22N2O/c1-17-10-11-18-15(13-17)12-16-9-5-8-14-6-3-2-4-7-14/h2-8,15-16H,9-13H2,1H3/b8-5+. The first-order valence-electron chi connectivity index (χ1n) is 6.57. The van der Waals surface area contributed by atoms with Crippen LogP contribution in [0.3, 0.4) is 0 Å². The lowest BCUT2D eigenvalue weighted by Crippen LogP contribution is -2.44. The quantitative estimate of drug-likeness (QED) is 0.799. The lowest BCUT2D eigenvalue weighted by atomic mass is 10.2. The Balaban J connectivity index is 1.62. The van der Waals surface area contributed by atoms with Gasteiger partial charge in [-0.2, -0.15) is 0 Å². The van der Waals surface area contributed by atoms with Crippen molar-refractivity contribution in [1.82, 2.24) is 10.2 Å². The van der Waals surface area contributed by atoms with E-state index in [0.717, 1.165) is 32.8 Å². The highest BCUT2D eigenvalue weighted by atomic mass is 16.5. The predicted octanol–water partition coefficient (Wildman–Crippen LogP) is 1.62. The van der Waals surface area contributed by atoms with Crippen molar-refractivity contribution in [2.24, 2.45) is 0 Å². The Hall–Kier alpha value is -1.16. The first-order chi connectivity index (χ1) is 8.84. The predicted molar refractivity (Wildman–Crippen MR) is 75.6 cm³/mol. The summed E-state index contributed by atoms with van der Waals surface area (Å²) < 4.78 is 5.68. The van der Waals surface area contributed by atoms with Crippen molar-refractivity contribution in [1.29, 1.82) is 0 Å². The first kappa shape index (κ1) is 13.3. The molecule has 1 fully saturated rings. The minimum Gasteiger partial charge on any atom is -0.374 e. The van der Waals surface area contributed by atoms with E-state index in [0.29, 0.717) is 6.10 Å². The van der Waals surface area contributed by atoms with Crippen molar-refractivity contribution in [2.45, 2.75) is 6.10 Å². The van der Waals surface area contributed by atoms with E-state index in [1.807, 2.05) is 6.07 Å². The van der Waals surface area contributed by atoms with E-state index in [2.05, 4.69) is 53.7 Å². The normalized spacial score (nSPS) is 21.5. The number of nitrogens with one attached hydrogen (secondary N) is 1. The Morgan fingerprint density at radius 1 is 1.39 bits per heavy atom. The Labute approximate surface area is 109 Å². The molecule has 0 radical (unpaired) electrons. The molecule has 1 N–H and O–H groups in total. The zero-order valence-corrected chi connectivity index (χ0v) is 11.0. The van der Waals surface area contributed by atoms with Crippen LogP contribution in [0.5, 0.6) is 0 Å². The molecule has 0 aromatic heterocycles. The van der Waals surface area contributed by atoms with Crippen LogP contribution in [0, 0.1) is 0 Å². The number of nitrogens with zero attached hydrogens (tertiary/aromatic N) is 1. The molecular weight excluding hydrogens is 224 g/mol. The molecule has 0 spiro atoms. The third-order valence-electron chi connectivity index (χ3n) is 3.09. The molecule has 0 bridgehead atoms. The van der Waals surface area contributed by atoms with E-state index in [4.69, 9.17) is 4.74 Å². The summed E-state index contributed by atoms with van der Waals surface area (Å²) in [5, 5.41) is 3.41. The van der Waals surface area contributed by atoms with Crippen LogP contribution < -0.4 is 5.32 Å². The highest BCUT2D eigenvalue weighted by molar-refractivity contribution is 5.48. The molecule has 3 nitrogen and oxygen atoms in total. The van der Waals surface area contributed by atoms with Crippen LogP contribution in [0.1, 0.15) is 5.56 Å². The van der Waals surface area contributed by atoms with Crippen LogP contribution in [0.25, 0.3) is 6.08 Å². The van der Waals surface area contributed by atoms with Gasteiger partial charge in [-0.3, -0.25) is 0 Å². The Morgan fingerprint density at radius 2 is 2.22 bits per heavy atom. The molecule has 1 aliphatic heterocycles. The second kappa shape index (κ2) is 7.31. The fraction of sp³-hybridized carbons (Fsp3) is 0.467. The lowest BCUT2D eigenvalue weighted by Gasteiger charge is -2.30. The number of hydrogen-bond donors (Lipinski definition) is 1. The summed E-state index contributed by atoms with van der Waals surface area (Å²) in [5.41, 5.74) is 1.24. The van der Waals surface area contributed by atoms with Crippen molar-refractivity contribution in [3.05, 3.63) is 42.0 Å². The van der Waals surface area contributed by atoms with Gasteiger partial charge in [0, 0.05) is 26.2 Å². The van der Waals surface area contributed by atoms with Crippen molar-refractivity contribution < 1.29 is 4.74 Å². The summed E-state index contributed by atoms with van der Waals surface area (Å²) >= 11 is 0. The summed E-state index contributed by atoms with van der Waals surface area (Å²) in [6.07, 6.45) is 4.62. The zero-order chi connectivity index (χ0) is 12.6. The first-order valence-corrected chi connectivity index (χ1v) is 6.57. The van der Waals surface area contributed by atoms with Crippen LogP contribution in [-0.2, 0) is 4.74 Å². The Morgan fingerprint density at radius 3 is 3.00 bits per heavy atom. The Kier molecular flexibility index (Phi) is 5.39. The molecule has 1 atom stereocenters. The van der Waals surface area contributed by atoms with Crippen LogP contribution in [0.2, 0.25) is 0 Å². The molecule has 1 aliphatic rings. The van der Waals surface area contributed by atoms with Gasteiger partial charge in [0.15, 0.2) is 0 Å². The van der Waals surface area contributed by atoms with Gasteiger partial charge in [0.1, 0.15) is 0 Å². The van der Waals surface area contributed by atoms with Gasteiger partial charge in [-0.25, -0.2) is 0 Å². The largest absolute Gasteiger partial charge is 0.374 e. The summed E-state index contributed by atoms with van der Waals surface area (Å²) in [6, 6.07) is 10.4. The van der Waals surface area contributed by atoms with Gasteiger partial charge in [-0.05, 0) is 12.6 Å². The molecule has 1 unspecified atom stereocenters. The third-order valence-corrected chi connectivity index (χ3v) is 3.09. The number of likely N-dealkylation sites (N-methyl/N-ethyl adjacent to an activating group) is 1. The summed E-state index contributed by atoms with van der Waals surface area (Å²) in [6.45, 7) is 4.73. The van der Waals surface area contributed by atoms with Gasteiger partial charge in [0.05, 0.1) is 12.7 Å². The smallest absolute Gasteiger partial charge is 0.0826 e. The van der Waals surface area contributed by atoms with Crippen molar-refractivity contribution in [3.63, 3.8) is 0 Å². The Bertz CT molecular complexity index is 364. The molecule has 0 amide bonds. The molecule has 1 aromatic carbocycles. The average Bonchev–Trinajstić information content (AvgIpc) is 2.40. The van der Waals surface area contributed by atoms with Crippen molar-refractivity contribution >= 4 is 6.08 Å². The van der Waals surface area contributed by atoms with Gasteiger partial charge in [0.2, 0.25) is 0 Å².